The van der Waals surface area contributed by atoms with Crippen LogP contribution in [0.2, 0.25) is 0 Å². The van der Waals surface area contributed by atoms with Gasteiger partial charge < -0.3 is 13.9 Å². The molecule has 188 valence electrons. The number of quaternary nitrogens is 1. The predicted molar refractivity (Wildman–Crippen MR) is 124 cm³/mol. The molecule has 35 heavy (non-hydrogen) atoms. The Labute approximate surface area is 202 Å². The number of esters is 1. The van der Waals surface area contributed by atoms with Gasteiger partial charge in [0.25, 0.3) is 5.91 Å². The van der Waals surface area contributed by atoms with Crippen LogP contribution in [0.4, 0.5) is 10.5 Å². The van der Waals surface area contributed by atoms with Gasteiger partial charge in [0.2, 0.25) is 0 Å². The molecule has 0 bridgehead atoms. The molecule has 2 aliphatic heterocycles. The van der Waals surface area contributed by atoms with Crippen molar-refractivity contribution in [3.8, 4) is 11.3 Å². The first-order chi connectivity index (χ1) is 17.0. The Morgan fingerprint density at radius 2 is 1.86 bits per heavy atom. The Morgan fingerprint density at radius 3 is 2.54 bits per heavy atom. The van der Waals surface area contributed by atoms with Gasteiger partial charge in [-0.3, -0.25) is 14.5 Å². The molecule has 3 amide bonds. The summed E-state index contributed by atoms with van der Waals surface area (Å²) in [4.78, 5) is 39.4. The van der Waals surface area contributed by atoms with Crippen LogP contribution in [0.1, 0.15) is 19.6 Å². The summed E-state index contributed by atoms with van der Waals surface area (Å²) in [6.07, 6.45) is 1.33. The van der Waals surface area contributed by atoms with E-state index in [1.54, 1.807) is 36.4 Å². The number of carbonyl (C=O) groups is 3. The fraction of sp³-hybridized carbons (Fsp3) is 0.391. The van der Waals surface area contributed by atoms with E-state index >= 15 is 0 Å². The molecule has 2 saturated heterocycles. The lowest BCUT2D eigenvalue weighted by atomic mass is 10.1. The Balaban J connectivity index is 0.00000167. The summed E-state index contributed by atoms with van der Waals surface area (Å²) >= 11 is 0. The summed E-state index contributed by atoms with van der Waals surface area (Å²) in [6, 6.07) is 9.81. The number of morpholine rings is 1. The normalized spacial score (nSPS) is 16.5. The van der Waals surface area contributed by atoms with Crippen molar-refractivity contribution in [3.05, 3.63) is 42.2 Å². The molecular formula is C23H30N5O7+. The molecule has 1 aromatic carbocycles. The number of imide groups is 1. The van der Waals surface area contributed by atoms with Crippen molar-refractivity contribution in [1.29, 1.82) is 0 Å². The van der Waals surface area contributed by atoms with Gasteiger partial charge >= 0.3 is 12.0 Å². The van der Waals surface area contributed by atoms with E-state index in [1.807, 2.05) is 18.7 Å². The third-order valence-electron chi connectivity index (χ3n) is 5.14. The number of furan rings is 1. The number of hydrogen-bond acceptors (Lipinski definition) is 9. The van der Waals surface area contributed by atoms with Gasteiger partial charge in [-0.1, -0.05) is 13.8 Å². The van der Waals surface area contributed by atoms with E-state index < -0.39 is 24.6 Å². The van der Waals surface area contributed by atoms with Crippen molar-refractivity contribution in [2.45, 2.75) is 13.8 Å². The average molecular weight is 489 g/mol. The molecule has 3 heterocycles. The highest BCUT2D eigenvalue weighted by Gasteiger charge is 2.37. The standard InChI is InChI=1S/C21H23N5O7.C2H6/c27-19-12-26(21(29)25(19)14-32-20(28)13-24-7-9-31-10-8-24)22-11-17-5-6-18(33-17)15-1-3-16(23-30)4-2-15;1-2/h1-6,11,23,30H,7-10,12-14H2;1-2H3/p+1/b22-11+;. The summed E-state index contributed by atoms with van der Waals surface area (Å²) in [6.45, 7) is 5.70. The van der Waals surface area contributed by atoms with Crippen LogP contribution >= 0.6 is 0 Å². The van der Waals surface area contributed by atoms with Gasteiger partial charge in [-0.05, 0) is 24.3 Å². The Bertz CT molecular complexity index is 1030. The molecule has 2 aromatic rings. The highest BCUT2D eigenvalue weighted by Crippen LogP contribution is 2.22. The first-order valence-electron chi connectivity index (χ1n) is 11.3. The maximum Gasteiger partial charge on any atom is 0.350 e. The molecule has 0 unspecified atom stereocenters. The Kier molecular flexibility index (Phi) is 9.49. The smallest absolute Gasteiger partial charge is 0.350 e. The summed E-state index contributed by atoms with van der Waals surface area (Å²) in [5.41, 5.74) is 2.48. The summed E-state index contributed by atoms with van der Waals surface area (Å²) < 4.78 is 16.0. The third kappa shape index (κ3) is 6.96. The average Bonchev–Trinajstić information content (AvgIpc) is 3.47. The lowest BCUT2D eigenvalue weighted by Crippen LogP contribution is -2.73. The van der Waals surface area contributed by atoms with Gasteiger partial charge in [0.05, 0.1) is 26.0 Å². The number of amides is 3. The van der Waals surface area contributed by atoms with Gasteiger partial charge in [-0.15, -0.1) is 0 Å². The molecular weight excluding hydrogens is 458 g/mol. The van der Waals surface area contributed by atoms with Crippen LogP contribution in [0.5, 0.6) is 0 Å². The molecule has 3 N–H and O–H groups in total. The minimum Gasteiger partial charge on any atom is -0.455 e. The molecule has 0 radical (unpaired) electrons. The minimum atomic E-state index is -0.682. The molecule has 12 heteroatoms. The number of benzene rings is 1. The van der Waals surface area contributed by atoms with Gasteiger partial charge in [0.1, 0.15) is 18.1 Å². The van der Waals surface area contributed by atoms with E-state index in [1.165, 1.54) is 6.21 Å². The van der Waals surface area contributed by atoms with E-state index in [-0.39, 0.29) is 13.1 Å². The zero-order valence-corrected chi connectivity index (χ0v) is 19.8. The molecule has 4 rings (SSSR count). The van der Waals surface area contributed by atoms with Crippen LogP contribution in [-0.2, 0) is 19.1 Å². The molecule has 2 fully saturated rings. The number of ether oxygens (including phenoxy) is 2. The quantitative estimate of drug-likeness (QED) is 0.184. The lowest BCUT2D eigenvalue weighted by Gasteiger charge is -2.25. The molecule has 0 aliphatic carbocycles. The monoisotopic (exact) mass is 488 g/mol. The summed E-state index contributed by atoms with van der Waals surface area (Å²) in [5, 5.41) is 14.0. The van der Waals surface area contributed by atoms with Gasteiger partial charge in [0.15, 0.2) is 12.4 Å². The summed E-state index contributed by atoms with van der Waals surface area (Å²) in [5.74, 6) is -0.0679. The number of nitrogens with two attached hydrogens (primary N) is 1. The van der Waals surface area contributed by atoms with E-state index in [0.29, 0.717) is 43.5 Å². The van der Waals surface area contributed by atoms with E-state index in [4.69, 9.17) is 19.1 Å². The topological polar surface area (TPSA) is 142 Å². The zero-order chi connectivity index (χ0) is 25.2. The number of urea groups is 1. The lowest BCUT2D eigenvalue weighted by molar-refractivity contribution is -0.825. The highest BCUT2D eigenvalue weighted by atomic mass is 16.5. The van der Waals surface area contributed by atoms with Crippen molar-refractivity contribution >= 4 is 29.8 Å². The predicted octanol–water partition coefficient (Wildman–Crippen LogP) is 0.988. The molecule has 0 spiro atoms. The van der Waals surface area contributed by atoms with Crippen molar-refractivity contribution in [2.75, 3.05) is 46.1 Å². The van der Waals surface area contributed by atoms with E-state index in [9.17, 15) is 14.4 Å². The Hall–Kier alpha value is -3.58. The molecule has 0 atom stereocenters. The number of nitrogens with zero attached hydrogens (tertiary/aromatic N) is 4. The minimum absolute atomic E-state index is 0.0727. The maximum absolute atomic E-state index is 12.5. The van der Waals surface area contributed by atoms with E-state index in [2.05, 4.69) is 5.10 Å². The van der Waals surface area contributed by atoms with Crippen molar-refractivity contribution in [2.24, 2.45) is 5.10 Å². The van der Waals surface area contributed by atoms with Crippen LogP contribution < -0.4 is 5.48 Å². The Morgan fingerprint density at radius 1 is 1.14 bits per heavy atom. The van der Waals surface area contributed by atoms with Crippen molar-refractivity contribution in [1.82, 2.24) is 14.8 Å². The highest BCUT2D eigenvalue weighted by molar-refractivity contribution is 6.02. The molecule has 12 nitrogen and oxygen atoms in total. The SMILES string of the molecule is CC.O=C(CN1CCOCC1)OCN1C(=O)CN(/N=C/c2ccc(-c3ccc([NH2+]O)cc3)o2)C1=O. The van der Waals surface area contributed by atoms with Crippen LogP contribution in [-0.4, -0.2) is 90.3 Å². The molecule has 2 aliphatic rings. The van der Waals surface area contributed by atoms with Gasteiger partial charge in [0, 0.05) is 30.8 Å². The second-order valence-corrected chi connectivity index (χ2v) is 7.39. The van der Waals surface area contributed by atoms with E-state index in [0.717, 1.165) is 21.0 Å². The fourth-order valence-electron chi connectivity index (χ4n) is 3.31. The number of rotatable bonds is 8. The van der Waals surface area contributed by atoms with Gasteiger partial charge in [-0.2, -0.15) is 10.6 Å². The number of carbonyl (C=O) groups excluding carboxylic acids is 3. The first kappa shape index (κ1) is 26.0. The zero-order valence-electron chi connectivity index (χ0n) is 19.8. The third-order valence-corrected chi connectivity index (χ3v) is 5.14. The number of hydrazone groups is 1. The van der Waals surface area contributed by atoms with Crippen molar-refractivity contribution in [3.63, 3.8) is 0 Å². The second-order valence-electron chi connectivity index (χ2n) is 7.39. The second kappa shape index (κ2) is 12.8. The van der Waals surface area contributed by atoms with Crippen LogP contribution in [0.15, 0.2) is 45.9 Å². The van der Waals surface area contributed by atoms with Crippen molar-refractivity contribution < 1.29 is 39.0 Å². The number of hydrogen-bond donors (Lipinski definition) is 2. The fourth-order valence-corrected chi connectivity index (χ4v) is 3.31. The molecule has 1 aromatic heterocycles. The van der Waals surface area contributed by atoms with Gasteiger partial charge in [-0.25, -0.2) is 19.9 Å². The van der Waals surface area contributed by atoms with Crippen LogP contribution in [0, 0.1) is 0 Å². The first-order valence-corrected chi connectivity index (χ1v) is 11.3. The summed E-state index contributed by atoms with van der Waals surface area (Å²) in [7, 11) is 0. The maximum atomic E-state index is 12.5. The largest absolute Gasteiger partial charge is 0.455 e. The molecule has 0 saturated carbocycles. The van der Waals surface area contributed by atoms with Crippen LogP contribution in [0.3, 0.4) is 0 Å². The van der Waals surface area contributed by atoms with Crippen LogP contribution in [0.25, 0.3) is 11.3 Å².